The van der Waals surface area contributed by atoms with E-state index in [1.54, 1.807) is 0 Å². The van der Waals surface area contributed by atoms with E-state index >= 15 is 0 Å². The maximum atomic E-state index is 12.5. The van der Waals surface area contributed by atoms with Gasteiger partial charge in [-0.1, -0.05) is 12.8 Å². The molecule has 0 atom stereocenters. The highest BCUT2D eigenvalue weighted by molar-refractivity contribution is 5.98. The molecule has 3 nitrogen and oxygen atoms in total. The van der Waals surface area contributed by atoms with Crippen molar-refractivity contribution in [3.05, 3.63) is 23.0 Å². The van der Waals surface area contributed by atoms with Crippen LogP contribution in [0.25, 0.3) is 0 Å². The van der Waals surface area contributed by atoms with Gasteiger partial charge in [0.2, 0.25) is 0 Å². The lowest BCUT2D eigenvalue weighted by Crippen LogP contribution is -2.51. The van der Waals surface area contributed by atoms with Crippen molar-refractivity contribution in [2.45, 2.75) is 64.5 Å². The molecule has 0 unspecified atom stereocenters. The zero-order valence-electron chi connectivity index (χ0n) is 12.0. The zero-order chi connectivity index (χ0) is 13.4. The summed E-state index contributed by atoms with van der Waals surface area (Å²) in [6.07, 6.45) is 7.85. The normalized spacial score (nSPS) is 27.5. The van der Waals surface area contributed by atoms with E-state index in [9.17, 15) is 4.79 Å². The SMILES string of the molecule is Cc1cc(C(=O)CN2C3CCCC2CCC3)c(C)[nH]1. The molecule has 3 rings (SSSR count). The van der Waals surface area contributed by atoms with Gasteiger partial charge in [-0.05, 0) is 45.6 Å². The van der Waals surface area contributed by atoms with Gasteiger partial charge in [-0.3, -0.25) is 9.69 Å². The molecule has 2 saturated heterocycles. The molecule has 0 aromatic carbocycles. The number of fused-ring (bicyclic) bond motifs is 2. The Bertz CT molecular complexity index is 455. The standard InChI is InChI=1S/C16H24N2O/c1-11-9-15(12(2)17-11)16(19)10-18-13-5-3-6-14(18)8-4-7-13/h9,13-14,17H,3-8,10H2,1-2H3. The molecule has 2 fully saturated rings. The Morgan fingerprint density at radius 3 is 2.26 bits per heavy atom. The molecule has 3 heteroatoms. The summed E-state index contributed by atoms with van der Waals surface area (Å²) in [4.78, 5) is 18.3. The van der Waals surface area contributed by atoms with Crippen LogP contribution >= 0.6 is 0 Å². The Balaban J connectivity index is 1.74. The first-order valence-corrected chi connectivity index (χ1v) is 7.60. The van der Waals surface area contributed by atoms with Gasteiger partial charge in [-0.25, -0.2) is 0 Å². The Labute approximate surface area is 115 Å². The number of aromatic nitrogens is 1. The van der Waals surface area contributed by atoms with Crippen molar-refractivity contribution in [2.24, 2.45) is 0 Å². The lowest BCUT2D eigenvalue weighted by atomic mass is 9.84. The van der Waals surface area contributed by atoms with Crippen LogP contribution in [0, 0.1) is 13.8 Å². The van der Waals surface area contributed by atoms with Crippen LogP contribution in [0.2, 0.25) is 0 Å². The summed E-state index contributed by atoms with van der Waals surface area (Å²) in [6.45, 7) is 4.63. The van der Waals surface area contributed by atoms with E-state index < -0.39 is 0 Å². The van der Waals surface area contributed by atoms with Crippen LogP contribution in [0.4, 0.5) is 0 Å². The molecule has 3 heterocycles. The van der Waals surface area contributed by atoms with E-state index in [0.29, 0.717) is 24.4 Å². The maximum absolute atomic E-state index is 12.5. The first-order valence-electron chi connectivity index (χ1n) is 7.60. The van der Waals surface area contributed by atoms with Crippen LogP contribution in [0.5, 0.6) is 0 Å². The number of H-pyrrole nitrogens is 1. The molecule has 1 N–H and O–H groups in total. The predicted octanol–water partition coefficient (Wildman–Crippen LogP) is 3.22. The average Bonchev–Trinajstić information content (AvgIpc) is 2.68. The number of hydrogen-bond donors (Lipinski definition) is 1. The van der Waals surface area contributed by atoms with Crippen molar-refractivity contribution in [3.63, 3.8) is 0 Å². The molecule has 0 radical (unpaired) electrons. The number of ketones is 1. The van der Waals surface area contributed by atoms with Crippen molar-refractivity contribution in [1.82, 2.24) is 9.88 Å². The van der Waals surface area contributed by atoms with Crippen LogP contribution in [-0.2, 0) is 0 Å². The van der Waals surface area contributed by atoms with Crippen molar-refractivity contribution in [2.75, 3.05) is 6.54 Å². The van der Waals surface area contributed by atoms with Crippen molar-refractivity contribution in [3.8, 4) is 0 Å². The highest BCUT2D eigenvalue weighted by Gasteiger charge is 2.35. The van der Waals surface area contributed by atoms with Crippen molar-refractivity contribution >= 4 is 5.78 Å². The summed E-state index contributed by atoms with van der Waals surface area (Å²) in [7, 11) is 0. The number of carbonyl (C=O) groups is 1. The van der Waals surface area contributed by atoms with Gasteiger partial charge in [-0.15, -0.1) is 0 Å². The smallest absolute Gasteiger partial charge is 0.178 e. The van der Waals surface area contributed by atoms with E-state index in [4.69, 9.17) is 0 Å². The van der Waals surface area contributed by atoms with Gasteiger partial charge in [0.15, 0.2) is 5.78 Å². The third kappa shape index (κ3) is 2.48. The molecule has 1 aromatic rings. The second kappa shape index (κ2) is 5.12. The Morgan fingerprint density at radius 1 is 1.21 bits per heavy atom. The van der Waals surface area contributed by atoms with Crippen LogP contribution in [-0.4, -0.2) is 34.3 Å². The highest BCUT2D eigenvalue weighted by atomic mass is 16.1. The molecule has 1 aromatic heterocycles. The summed E-state index contributed by atoms with van der Waals surface area (Å²) in [6, 6.07) is 3.32. The molecule has 2 aliphatic heterocycles. The van der Waals surface area contributed by atoms with Gasteiger partial charge in [0.25, 0.3) is 0 Å². The number of aromatic amines is 1. The van der Waals surface area contributed by atoms with Gasteiger partial charge >= 0.3 is 0 Å². The summed E-state index contributed by atoms with van der Waals surface area (Å²) in [5, 5.41) is 0. The molecule has 2 bridgehead atoms. The lowest BCUT2D eigenvalue weighted by Gasteiger charge is -2.45. The Morgan fingerprint density at radius 2 is 1.79 bits per heavy atom. The van der Waals surface area contributed by atoms with E-state index in [1.165, 1.54) is 38.5 Å². The number of nitrogens with one attached hydrogen (secondary N) is 1. The maximum Gasteiger partial charge on any atom is 0.178 e. The zero-order valence-corrected chi connectivity index (χ0v) is 12.0. The van der Waals surface area contributed by atoms with Crippen molar-refractivity contribution in [1.29, 1.82) is 0 Å². The van der Waals surface area contributed by atoms with Crippen LogP contribution in [0.3, 0.4) is 0 Å². The number of hydrogen-bond acceptors (Lipinski definition) is 2. The summed E-state index contributed by atoms with van der Waals surface area (Å²) in [5.74, 6) is 0.292. The predicted molar refractivity (Wildman–Crippen MR) is 76.6 cm³/mol. The monoisotopic (exact) mass is 260 g/mol. The Hall–Kier alpha value is -1.09. The largest absolute Gasteiger partial charge is 0.362 e. The molecule has 104 valence electrons. The van der Waals surface area contributed by atoms with Gasteiger partial charge in [-0.2, -0.15) is 0 Å². The number of Topliss-reactive ketones (excluding diaryl/α,β-unsaturated/α-hetero) is 1. The summed E-state index contributed by atoms with van der Waals surface area (Å²) < 4.78 is 0. The topological polar surface area (TPSA) is 36.1 Å². The molecule has 19 heavy (non-hydrogen) atoms. The van der Waals surface area contributed by atoms with E-state index in [0.717, 1.165) is 17.0 Å². The molecule has 0 amide bonds. The summed E-state index contributed by atoms with van der Waals surface area (Å²) in [5.41, 5.74) is 2.99. The fourth-order valence-corrected chi connectivity index (χ4v) is 3.95. The minimum Gasteiger partial charge on any atom is -0.362 e. The van der Waals surface area contributed by atoms with E-state index in [1.807, 2.05) is 19.9 Å². The van der Waals surface area contributed by atoms with Gasteiger partial charge < -0.3 is 4.98 Å². The molecule has 0 aliphatic carbocycles. The minimum atomic E-state index is 0.292. The number of aryl methyl sites for hydroxylation is 2. The van der Waals surface area contributed by atoms with E-state index in [-0.39, 0.29) is 0 Å². The first kappa shape index (κ1) is 12.9. The minimum absolute atomic E-state index is 0.292. The highest BCUT2D eigenvalue weighted by Crippen LogP contribution is 2.33. The van der Waals surface area contributed by atoms with Gasteiger partial charge in [0, 0.05) is 29.0 Å². The summed E-state index contributed by atoms with van der Waals surface area (Å²) >= 11 is 0. The molecular formula is C16H24N2O. The van der Waals surface area contributed by atoms with E-state index in [2.05, 4.69) is 9.88 Å². The van der Waals surface area contributed by atoms with Crippen LogP contribution in [0.15, 0.2) is 6.07 Å². The fourth-order valence-electron chi connectivity index (χ4n) is 3.95. The quantitative estimate of drug-likeness (QED) is 0.847. The first-order chi connectivity index (χ1) is 9.15. The third-order valence-corrected chi connectivity index (χ3v) is 4.86. The number of piperidine rings is 2. The number of nitrogens with zero attached hydrogens (tertiary/aromatic N) is 1. The second-order valence-corrected chi connectivity index (χ2v) is 6.26. The van der Waals surface area contributed by atoms with Crippen LogP contribution in [0.1, 0.15) is 60.3 Å². The third-order valence-electron chi connectivity index (χ3n) is 4.86. The lowest BCUT2D eigenvalue weighted by molar-refractivity contribution is 0.0382. The molecule has 0 saturated carbocycles. The molecule has 0 spiro atoms. The van der Waals surface area contributed by atoms with Crippen molar-refractivity contribution < 1.29 is 4.79 Å². The molecule has 2 aliphatic rings. The molecular weight excluding hydrogens is 236 g/mol. The van der Waals surface area contributed by atoms with Gasteiger partial charge in [0.05, 0.1) is 6.54 Å². The van der Waals surface area contributed by atoms with Crippen LogP contribution < -0.4 is 0 Å². The Kier molecular flexibility index (Phi) is 3.48. The number of carbonyl (C=O) groups excluding carboxylic acids is 1. The van der Waals surface area contributed by atoms with Gasteiger partial charge in [0.1, 0.15) is 0 Å². The average molecular weight is 260 g/mol. The fraction of sp³-hybridized carbons (Fsp3) is 0.688. The second-order valence-electron chi connectivity index (χ2n) is 6.26. The number of rotatable bonds is 3.